The highest BCUT2D eigenvalue weighted by atomic mass is 32.1. The Morgan fingerprint density at radius 3 is 1.85 bits per heavy atom. The van der Waals surface area contributed by atoms with Gasteiger partial charge in [-0.2, -0.15) is 0 Å². The molecule has 2 heteroatoms. The Morgan fingerprint density at radius 1 is 0.354 bits per heavy atom. The van der Waals surface area contributed by atoms with E-state index in [1.165, 1.54) is 85.8 Å². The fourth-order valence-electron chi connectivity index (χ4n) is 7.61. The topological polar surface area (TPSA) is 3.24 Å². The first-order valence-corrected chi connectivity index (χ1v) is 17.3. The van der Waals surface area contributed by atoms with Gasteiger partial charge in [0.1, 0.15) is 0 Å². The van der Waals surface area contributed by atoms with Crippen molar-refractivity contribution in [3.8, 4) is 11.1 Å². The summed E-state index contributed by atoms with van der Waals surface area (Å²) < 4.78 is 2.64. The van der Waals surface area contributed by atoms with Crippen LogP contribution in [-0.4, -0.2) is 0 Å². The summed E-state index contributed by atoms with van der Waals surface area (Å²) in [6.07, 6.45) is 0. The van der Waals surface area contributed by atoms with Crippen molar-refractivity contribution in [3.63, 3.8) is 0 Å². The lowest BCUT2D eigenvalue weighted by Gasteiger charge is -2.29. The molecule has 0 aliphatic rings. The van der Waals surface area contributed by atoms with Crippen LogP contribution in [0.5, 0.6) is 0 Å². The van der Waals surface area contributed by atoms with Crippen molar-refractivity contribution in [2.24, 2.45) is 0 Å². The maximum absolute atomic E-state index is 2.50. The van der Waals surface area contributed by atoms with Crippen LogP contribution in [0, 0.1) is 0 Å². The SMILES string of the molecule is c1ccc(-c2ccc(N(c3cc4ccc5ccccc5c4c4ccccc34)c3cccc4ccc5c6ccccc6sc5c34)cc2)cc1. The third-order valence-corrected chi connectivity index (χ3v) is 11.0. The molecule has 0 atom stereocenters. The smallest absolute Gasteiger partial charge is 0.0554 e. The first kappa shape index (κ1) is 27.2. The van der Waals surface area contributed by atoms with Crippen molar-refractivity contribution in [1.29, 1.82) is 0 Å². The van der Waals surface area contributed by atoms with Gasteiger partial charge in [-0.15, -0.1) is 11.3 Å². The van der Waals surface area contributed by atoms with E-state index in [0.717, 1.165) is 5.69 Å². The predicted molar refractivity (Wildman–Crippen MR) is 209 cm³/mol. The summed E-state index contributed by atoms with van der Waals surface area (Å²) in [6, 6.07) is 64.5. The van der Waals surface area contributed by atoms with Crippen LogP contribution in [0.3, 0.4) is 0 Å². The normalized spacial score (nSPS) is 11.8. The number of benzene rings is 9. The molecular formula is C46H29NS. The lowest BCUT2D eigenvalue weighted by Crippen LogP contribution is -2.11. The summed E-state index contributed by atoms with van der Waals surface area (Å²) in [4.78, 5) is 2.50. The number of thiophene rings is 1. The monoisotopic (exact) mass is 627 g/mol. The standard InChI is InChI=1S/C46H29NS/c1-2-11-30(12-3-1)31-23-26-35(27-24-31)47(41-19-10-14-33-25-28-40-38-17-8-9-20-43(38)48-46(40)45(33)41)42-29-34-22-21-32-13-4-5-15-36(32)44(34)39-18-7-6-16-37(39)42/h1-29H. The van der Waals surface area contributed by atoms with Crippen LogP contribution < -0.4 is 4.90 Å². The summed E-state index contributed by atoms with van der Waals surface area (Å²) in [5, 5.41) is 12.7. The van der Waals surface area contributed by atoms with Crippen molar-refractivity contribution >= 4 is 91.7 Å². The van der Waals surface area contributed by atoms with Gasteiger partial charge in [0.25, 0.3) is 0 Å². The first-order chi connectivity index (χ1) is 23.8. The highest BCUT2D eigenvalue weighted by Crippen LogP contribution is 2.48. The van der Waals surface area contributed by atoms with Crippen LogP contribution in [0.15, 0.2) is 176 Å². The van der Waals surface area contributed by atoms with Crippen molar-refractivity contribution in [1.82, 2.24) is 0 Å². The number of nitrogens with zero attached hydrogens (tertiary/aromatic N) is 1. The van der Waals surface area contributed by atoms with Gasteiger partial charge in [-0.1, -0.05) is 146 Å². The Balaban J connectivity index is 1.31. The van der Waals surface area contributed by atoms with E-state index >= 15 is 0 Å². The molecule has 10 rings (SSSR count). The quantitative estimate of drug-likeness (QED) is 0.176. The Labute approximate surface area is 282 Å². The van der Waals surface area contributed by atoms with Gasteiger partial charge in [-0.25, -0.2) is 0 Å². The van der Waals surface area contributed by atoms with Crippen LogP contribution in [0.2, 0.25) is 0 Å². The maximum atomic E-state index is 2.50. The van der Waals surface area contributed by atoms with E-state index in [9.17, 15) is 0 Å². The average Bonchev–Trinajstić information content (AvgIpc) is 3.54. The molecule has 0 spiro atoms. The minimum absolute atomic E-state index is 1.13. The highest BCUT2D eigenvalue weighted by Gasteiger charge is 2.22. The molecule has 1 aromatic heterocycles. The van der Waals surface area contributed by atoms with E-state index in [1.807, 2.05) is 11.3 Å². The molecule has 0 fully saturated rings. The van der Waals surface area contributed by atoms with E-state index < -0.39 is 0 Å². The van der Waals surface area contributed by atoms with Gasteiger partial charge in [-0.05, 0) is 73.8 Å². The van der Waals surface area contributed by atoms with Gasteiger partial charge in [0.15, 0.2) is 0 Å². The van der Waals surface area contributed by atoms with Crippen LogP contribution in [0.4, 0.5) is 17.1 Å². The molecule has 0 saturated heterocycles. The minimum Gasteiger partial charge on any atom is -0.309 e. The fourth-order valence-corrected chi connectivity index (χ4v) is 8.87. The summed E-state index contributed by atoms with van der Waals surface area (Å²) in [6.45, 7) is 0. The summed E-state index contributed by atoms with van der Waals surface area (Å²) in [7, 11) is 0. The van der Waals surface area contributed by atoms with E-state index in [2.05, 4.69) is 181 Å². The van der Waals surface area contributed by atoms with Gasteiger partial charge in [0.2, 0.25) is 0 Å². The van der Waals surface area contributed by atoms with Crippen LogP contribution in [0.1, 0.15) is 0 Å². The Bertz CT molecular complexity index is 2830. The van der Waals surface area contributed by atoms with Crippen LogP contribution >= 0.6 is 11.3 Å². The molecule has 48 heavy (non-hydrogen) atoms. The van der Waals surface area contributed by atoms with E-state index in [0.29, 0.717) is 0 Å². The molecule has 0 aliphatic carbocycles. The van der Waals surface area contributed by atoms with E-state index in [-0.39, 0.29) is 0 Å². The molecule has 0 N–H and O–H groups in total. The molecule has 0 aliphatic heterocycles. The number of hydrogen-bond acceptors (Lipinski definition) is 2. The summed E-state index contributed by atoms with van der Waals surface area (Å²) >= 11 is 1.89. The number of fused-ring (bicyclic) bond motifs is 10. The largest absolute Gasteiger partial charge is 0.309 e. The molecule has 0 bridgehead atoms. The Hall–Kier alpha value is -5.96. The van der Waals surface area contributed by atoms with E-state index in [4.69, 9.17) is 0 Å². The molecular weight excluding hydrogens is 599 g/mol. The lowest BCUT2D eigenvalue weighted by atomic mass is 9.94. The predicted octanol–water partition coefficient (Wildman–Crippen LogP) is 13.8. The molecule has 0 saturated carbocycles. The molecule has 1 nitrogen and oxygen atoms in total. The molecule has 1 heterocycles. The van der Waals surface area contributed by atoms with Crippen molar-refractivity contribution < 1.29 is 0 Å². The van der Waals surface area contributed by atoms with Gasteiger partial charge in [0.05, 0.1) is 11.4 Å². The molecule has 0 amide bonds. The van der Waals surface area contributed by atoms with E-state index in [1.54, 1.807) is 0 Å². The third kappa shape index (κ3) is 4.17. The highest BCUT2D eigenvalue weighted by molar-refractivity contribution is 7.26. The molecule has 0 radical (unpaired) electrons. The van der Waals surface area contributed by atoms with Crippen LogP contribution in [0.25, 0.3) is 74.4 Å². The van der Waals surface area contributed by atoms with Crippen molar-refractivity contribution in [2.45, 2.75) is 0 Å². The Morgan fingerprint density at radius 2 is 1.00 bits per heavy atom. The fraction of sp³-hybridized carbons (Fsp3) is 0. The summed E-state index contributed by atoms with van der Waals surface area (Å²) in [5.41, 5.74) is 5.91. The van der Waals surface area contributed by atoms with Crippen molar-refractivity contribution in [3.05, 3.63) is 176 Å². The van der Waals surface area contributed by atoms with Crippen LogP contribution in [-0.2, 0) is 0 Å². The molecule has 10 aromatic rings. The number of hydrogen-bond donors (Lipinski definition) is 0. The summed E-state index contributed by atoms with van der Waals surface area (Å²) in [5.74, 6) is 0. The second-order valence-corrected chi connectivity index (χ2v) is 13.5. The van der Waals surface area contributed by atoms with Gasteiger partial charge in [0, 0.05) is 36.6 Å². The van der Waals surface area contributed by atoms with Gasteiger partial charge < -0.3 is 4.90 Å². The number of anilines is 3. The zero-order valence-electron chi connectivity index (χ0n) is 26.1. The first-order valence-electron chi connectivity index (χ1n) is 16.4. The Kier molecular flexibility index (Phi) is 6.12. The molecule has 224 valence electrons. The van der Waals surface area contributed by atoms with Crippen molar-refractivity contribution in [2.75, 3.05) is 4.90 Å². The zero-order chi connectivity index (χ0) is 31.6. The minimum atomic E-state index is 1.13. The zero-order valence-corrected chi connectivity index (χ0v) is 26.9. The average molecular weight is 628 g/mol. The number of rotatable bonds is 4. The molecule has 0 unspecified atom stereocenters. The van der Waals surface area contributed by atoms with Gasteiger partial charge in [-0.3, -0.25) is 0 Å². The second kappa shape index (κ2) is 10.8. The maximum Gasteiger partial charge on any atom is 0.0554 e. The lowest BCUT2D eigenvalue weighted by molar-refractivity contribution is 1.32. The van der Waals surface area contributed by atoms with Gasteiger partial charge >= 0.3 is 0 Å². The molecule has 9 aromatic carbocycles. The second-order valence-electron chi connectivity index (χ2n) is 12.5. The third-order valence-electron chi connectivity index (χ3n) is 9.81.